The molecule has 0 saturated heterocycles. The van der Waals surface area contributed by atoms with Crippen LogP contribution in [0.3, 0.4) is 0 Å². The Hall–Kier alpha value is -1.20. The van der Waals surface area contributed by atoms with Gasteiger partial charge in [-0.2, -0.15) is 0 Å². The van der Waals surface area contributed by atoms with Crippen LogP contribution in [-0.2, 0) is 16.4 Å². The molecule has 1 aromatic rings. The van der Waals surface area contributed by atoms with Gasteiger partial charge >= 0.3 is 0 Å². The summed E-state index contributed by atoms with van der Waals surface area (Å²) in [4.78, 5) is 11.7. The molecule has 0 aliphatic heterocycles. The molecule has 1 rings (SSSR count). The average molecular weight is 255 g/mol. The number of benzene rings is 1. The zero-order chi connectivity index (χ0) is 12.9. The van der Waals surface area contributed by atoms with Crippen molar-refractivity contribution < 1.29 is 13.2 Å². The molecule has 0 radical (unpaired) electrons. The van der Waals surface area contributed by atoms with Gasteiger partial charge in [-0.25, -0.2) is 8.42 Å². The molecule has 0 heterocycles. The summed E-state index contributed by atoms with van der Waals surface area (Å²) in [5.41, 5.74) is 6.93. The summed E-state index contributed by atoms with van der Waals surface area (Å²) in [6, 6.07) is 6.93. The van der Waals surface area contributed by atoms with Crippen molar-refractivity contribution >= 4 is 15.6 Å². The van der Waals surface area contributed by atoms with E-state index in [1.807, 2.05) is 0 Å². The van der Waals surface area contributed by atoms with Crippen LogP contribution >= 0.6 is 0 Å². The average Bonchev–Trinajstić information content (AvgIpc) is 2.36. The highest BCUT2D eigenvalue weighted by atomic mass is 32.2. The van der Waals surface area contributed by atoms with Gasteiger partial charge in [0.2, 0.25) is 0 Å². The predicted octanol–water partition coefficient (Wildman–Crippen LogP) is 1.15. The Morgan fingerprint density at radius 3 is 2.29 bits per heavy atom. The van der Waals surface area contributed by atoms with Gasteiger partial charge in [-0.05, 0) is 5.56 Å². The first-order valence-corrected chi connectivity index (χ1v) is 7.33. The van der Waals surface area contributed by atoms with E-state index in [9.17, 15) is 13.2 Å². The molecule has 0 amide bonds. The second-order valence-corrected chi connectivity index (χ2v) is 6.28. The molecule has 94 valence electrons. The van der Waals surface area contributed by atoms with E-state index in [1.54, 1.807) is 31.2 Å². The second kappa shape index (κ2) is 5.93. The van der Waals surface area contributed by atoms with Crippen molar-refractivity contribution in [2.24, 2.45) is 5.73 Å². The van der Waals surface area contributed by atoms with Gasteiger partial charge < -0.3 is 5.73 Å². The van der Waals surface area contributed by atoms with Gasteiger partial charge in [0.05, 0.1) is 5.75 Å². The third-order valence-corrected chi connectivity index (χ3v) is 4.30. The maximum absolute atomic E-state index is 11.7. The van der Waals surface area contributed by atoms with E-state index in [0.717, 1.165) is 5.56 Å². The molecule has 4 nitrogen and oxygen atoms in total. The van der Waals surface area contributed by atoms with Crippen LogP contribution in [0.4, 0.5) is 0 Å². The van der Waals surface area contributed by atoms with Crippen LogP contribution < -0.4 is 5.73 Å². The zero-order valence-electron chi connectivity index (χ0n) is 9.85. The highest BCUT2D eigenvalue weighted by Gasteiger charge is 2.12. The maximum atomic E-state index is 11.7. The number of carbonyl (C=O) groups excluding carboxylic acids is 1. The van der Waals surface area contributed by atoms with E-state index in [1.165, 1.54) is 0 Å². The lowest BCUT2D eigenvalue weighted by molar-refractivity contribution is 0.0989. The molecule has 0 aliphatic carbocycles. The summed E-state index contributed by atoms with van der Waals surface area (Å²) in [5.74, 6) is -0.154. The van der Waals surface area contributed by atoms with Gasteiger partial charge in [0.1, 0.15) is 9.84 Å². The van der Waals surface area contributed by atoms with E-state index in [2.05, 4.69) is 0 Å². The molecule has 17 heavy (non-hydrogen) atoms. The first kappa shape index (κ1) is 13.9. The maximum Gasteiger partial charge on any atom is 0.163 e. The summed E-state index contributed by atoms with van der Waals surface area (Å²) in [5, 5.41) is 0. The topological polar surface area (TPSA) is 77.2 Å². The quantitative estimate of drug-likeness (QED) is 0.774. The Morgan fingerprint density at radius 2 is 1.82 bits per heavy atom. The lowest BCUT2D eigenvalue weighted by Gasteiger charge is -2.03. The molecule has 2 N–H and O–H groups in total. The van der Waals surface area contributed by atoms with Crippen molar-refractivity contribution in [3.63, 3.8) is 0 Å². The van der Waals surface area contributed by atoms with Crippen molar-refractivity contribution in [2.45, 2.75) is 19.9 Å². The summed E-state index contributed by atoms with van der Waals surface area (Å²) in [7, 11) is -3.08. The highest BCUT2D eigenvalue weighted by molar-refractivity contribution is 7.91. The van der Waals surface area contributed by atoms with Crippen molar-refractivity contribution in [3.8, 4) is 0 Å². The molecule has 0 aliphatic rings. The Bertz CT molecular complexity index is 477. The van der Waals surface area contributed by atoms with Gasteiger partial charge in [-0.1, -0.05) is 31.2 Å². The number of hydrogen-bond donors (Lipinski definition) is 1. The van der Waals surface area contributed by atoms with Crippen LogP contribution in [0.15, 0.2) is 24.3 Å². The molecule has 0 bridgehead atoms. The standard InChI is InChI=1S/C12H17NO3S/c1-2-17(15,16)8-7-12(14)11-5-3-10(9-13)4-6-11/h3-6H,2,7-9,13H2,1H3. The SMILES string of the molecule is CCS(=O)(=O)CCC(=O)c1ccc(CN)cc1. The fraction of sp³-hybridized carbons (Fsp3) is 0.417. The molecule has 0 unspecified atom stereocenters. The van der Waals surface area contributed by atoms with Crippen LogP contribution in [0.25, 0.3) is 0 Å². The Kier molecular flexibility index (Phi) is 4.84. The molecule has 0 atom stereocenters. The normalized spacial score (nSPS) is 11.4. The highest BCUT2D eigenvalue weighted by Crippen LogP contribution is 2.07. The molecule has 5 heteroatoms. The predicted molar refractivity (Wildman–Crippen MR) is 67.6 cm³/mol. The van der Waals surface area contributed by atoms with Gasteiger partial charge in [-0.15, -0.1) is 0 Å². The number of ketones is 1. The van der Waals surface area contributed by atoms with E-state index in [4.69, 9.17) is 5.73 Å². The van der Waals surface area contributed by atoms with Gasteiger partial charge in [0.25, 0.3) is 0 Å². The molecular formula is C12H17NO3S. The number of hydrogen-bond acceptors (Lipinski definition) is 4. The largest absolute Gasteiger partial charge is 0.326 e. The van der Waals surface area contributed by atoms with Crippen LogP contribution in [0.1, 0.15) is 29.3 Å². The molecule has 0 aromatic heterocycles. The van der Waals surface area contributed by atoms with Gasteiger partial charge in [0.15, 0.2) is 5.78 Å². The Morgan fingerprint density at radius 1 is 1.24 bits per heavy atom. The van der Waals surface area contributed by atoms with Crippen LogP contribution in [0, 0.1) is 0 Å². The Balaban J connectivity index is 2.64. The molecule has 1 aromatic carbocycles. The minimum Gasteiger partial charge on any atom is -0.326 e. The van der Waals surface area contributed by atoms with Crippen LogP contribution in [0.5, 0.6) is 0 Å². The minimum atomic E-state index is -3.08. The summed E-state index contributed by atoms with van der Waals surface area (Å²) < 4.78 is 22.5. The summed E-state index contributed by atoms with van der Waals surface area (Å²) in [6.45, 7) is 2.01. The van der Waals surface area contributed by atoms with Crippen LogP contribution in [-0.4, -0.2) is 25.7 Å². The van der Waals surface area contributed by atoms with E-state index in [0.29, 0.717) is 12.1 Å². The first-order valence-electron chi connectivity index (χ1n) is 5.51. The number of sulfone groups is 1. The number of rotatable bonds is 6. The third kappa shape index (κ3) is 4.28. The van der Waals surface area contributed by atoms with Gasteiger partial charge in [0, 0.05) is 24.3 Å². The first-order chi connectivity index (χ1) is 7.98. The molecular weight excluding hydrogens is 238 g/mol. The molecule has 0 spiro atoms. The summed E-state index contributed by atoms with van der Waals surface area (Å²) in [6.07, 6.45) is 0.0398. The molecule has 0 fully saturated rings. The fourth-order valence-corrected chi connectivity index (χ4v) is 2.15. The smallest absolute Gasteiger partial charge is 0.163 e. The number of nitrogens with two attached hydrogens (primary N) is 1. The Labute approximate surface area is 102 Å². The molecule has 0 saturated carbocycles. The second-order valence-electron chi connectivity index (χ2n) is 3.81. The number of carbonyl (C=O) groups is 1. The third-order valence-electron chi connectivity index (χ3n) is 2.59. The van der Waals surface area contributed by atoms with Crippen LogP contribution in [0.2, 0.25) is 0 Å². The lowest BCUT2D eigenvalue weighted by atomic mass is 10.1. The summed E-state index contributed by atoms with van der Waals surface area (Å²) >= 11 is 0. The van der Waals surface area contributed by atoms with Gasteiger partial charge in [-0.3, -0.25) is 4.79 Å². The van der Waals surface area contributed by atoms with Crippen molar-refractivity contribution in [1.82, 2.24) is 0 Å². The van der Waals surface area contributed by atoms with E-state index < -0.39 is 9.84 Å². The monoisotopic (exact) mass is 255 g/mol. The zero-order valence-corrected chi connectivity index (χ0v) is 10.7. The van der Waals surface area contributed by atoms with E-state index in [-0.39, 0.29) is 23.7 Å². The lowest BCUT2D eigenvalue weighted by Crippen LogP contribution is -2.13. The van der Waals surface area contributed by atoms with E-state index >= 15 is 0 Å². The van der Waals surface area contributed by atoms with Crippen molar-refractivity contribution in [2.75, 3.05) is 11.5 Å². The van der Waals surface area contributed by atoms with Crippen molar-refractivity contribution in [1.29, 1.82) is 0 Å². The minimum absolute atomic E-state index is 0.0398. The van der Waals surface area contributed by atoms with Crippen molar-refractivity contribution in [3.05, 3.63) is 35.4 Å². The number of Topliss-reactive ketones (excluding diaryl/α,β-unsaturated/α-hetero) is 1. The fourth-order valence-electron chi connectivity index (χ4n) is 1.36.